The van der Waals surface area contributed by atoms with Crippen LogP contribution in [0, 0.1) is 11.3 Å². The van der Waals surface area contributed by atoms with Crippen molar-refractivity contribution in [2.75, 3.05) is 6.61 Å². The molecule has 5 heteroatoms. The summed E-state index contributed by atoms with van der Waals surface area (Å²) in [5, 5.41) is 12.8. The fourth-order valence-corrected chi connectivity index (χ4v) is 2.30. The number of hydrogen-bond donors (Lipinski definition) is 0. The molecule has 5 nitrogen and oxygen atoms in total. The van der Waals surface area contributed by atoms with Gasteiger partial charge in [-0.1, -0.05) is 5.16 Å². The van der Waals surface area contributed by atoms with Crippen LogP contribution in [-0.4, -0.2) is 17.7 Å². The van der Waals surface area contributed by atoms with Crippen LogP contribution in [0.15, 0.2) is 34.9 Å². The van der Waals surface area contributed by atoms with E-state index in [0.717, 1.165) is 18.4 Å². The number of nitriles is 1. The Morgan fingerprint density at radius 3 is 2.71 bits per heavy atom. The molecule has 3 rings (SSSR count). The summed E-state index contributed by atoms with van der Waals surface area (Å²) < 4.78 is 10.5. The third-order valence-corrected chi connectivity index (χ3v) is 3.72. The SMILES string of the molecule is CCOC(=O)C1(c2cc(-c3ccc(C#N)cc3)on2)CC1. The minimum atomic E-state index is -0.621. The van der Waals surface area contributed by atoms with Crippen molar-refractivity contribution in [3.63, 3.8) is 0 Å². The molecule has 0 saturated heterocycles. The van der Waals surface area contributed by atoms with Crippen LogP contribution in [0.2, 0.25) is 0 Å². The second-order valence-electron chi connectivity index (χ2n) is 5.07. The molecule has 1 saturated carbocycles. The van der Waals surface area contributed by atoms with Gasteiger partial charge in [0.2, 0.25) is 0 Å². The first-order chi connectivity index (χ1) is 10.2. The van der Waals surface area contributed by atoms with E-state index in [9.17, 15) is 4.79 Å². The molecule has 0 bridgehead atoms. The van der Waals surface area contributed by atoms with E-state index < -0.39 is 5.41 Å². The van der Waals surface area contributed by atoms with Crippen molar-refractivity contribution in [2.24, 2.45) is 0 Å². The van der Waals surface area contributed by atoms with Gasteiger partial charge in [0.1, 0.15) is 11.1 Å². The van der Waals surface area contributed by atoms with E-state index in [0.29, 0.717) is 23.6 Å². The quantitative estimate of drug-likeness (QED) is 0.806. The molecule has 0 aliphatic heterocycles. The van der Waals surface area contributed by atoms with Gasteiger partial charge >= 0.3 is 5.97 Å². The molecule has 1 aromatic heterocycles. The van der Waals surface area contributed by atoms with Gasteiger partial charge in [-0.15, -0.1) is 0 Å². The van der Waals surface area contributed by atoms with Crippen LogP contribution in [0.5, 0.6) is 0 Å². The predicted molar refractivity (Wildman–Crippen MR) is 74.2 cm³/mol. The van der Waals surface area contributed by atoms with Gasteiger partial charge in [-0.25, -0.2) is 0 Å². The summed E-state index contributed by atoms with van der Waals surface area (Å²) in [6.07, 6.45) is 1.48. The van der Waals surface area contributed by atoms with Crippen LogP contribution in [0.3, 0.4) is 0 Å². The lowest BCUT2D eigenvalue weighted by Crippen LogP contribution is -2.23. The summed E-state index contributed by atoms with van der Waals surface area (Å²) >= 11 is 0. The topological polar surface area (TPSA) is 76.1 Å². The van der Waals surface area contributed by atoms with E-state index in [1.807, 2.05) is 0 Å². The molecule has 1 aliphatic rings. The zero-order valence-corrected chi connectivity index (χ0v) is 11.6. The molecule has 0 N–H and O–H groups in total. The first-order valence-electron chi connectivity index (χ1n) is 6.84. The number of nitrogens with zero attached hydrogens (tertiary/aromatic N) is 2. The van der Waals surface area contributed by atoms with Crippen LogP contribution in [-0.2, 0) is 14.9 Å². The van der Waals surface area contributed by atoms with E-state index in [1.54, 1.807) is 37.3 Å². The van der Waals surface area contributed by atoms with Crippen molar-refractivity contribution in [1.82, 2.24) is 5.16 Å². The van der Waals surface area contributed by atoms with Crippen molar-refractivity contribution in [3.8, 4) is 17.4 Å². The molecule has 0 atom stereocenters. The number of hydrogen-bond acceptors (Lipinski definition) is 5. The molecule has 1 aliphatic carbocycles. The average Bonchev–Trinajstić information content (AvgIpc) is 3.18. The van der Waals surface area contributed by atoms with Gasteiger partial charge in [0.25, 0.3) is 0 Å². The highest BCUT2D eigenvalue weighted by molar-refractivity contribution is 5.86. The van der Waals surface area contributed by atoms with E-state index in [4.69, 9.17) is 14.5 Å². The largest absolute Gasteiger partial charge is 0.465 e. The zero-order chi connectivity index (χ0) is 14.9. The monoisotopic (exact) mass is 282 g/mol. The van der Waals surface area contributed by atoms with Crippen LogP contribution in [0.4, 0.5) is 0 Å². The smallest absolute Gasteiger partial charge is 0.318 e. The summed E-state index contributed by atoms with van der Waals surface area (Å²) in [5.41, 5.74) is 1.42. The maximum atomic E-state index is 12.0. The number of benzene rings is 1. The summed E-state index contributed by atoms with van der Waals surface area (Å²) in [5.74, 6) is 0.356. The second-order valence-corrected chi connectivity index (χ2v) is 5.07. The Hall–Kier alpha value is -2.61. The van der Waals surface area contributed by atoms with Gasteiger partial charge in [0.15, 0.2) is 5.76 Å². The highest BCUT2D eigenvalue weighted by Gasteiger charge is 2.55. The summed E-state index contributed by atoms with van der Waals surface area (Å²) in [7, 11) is 0. The molecule has 1 heterocycles. The van der Waals surface area contributed by atoms with E-state index in [2.05, 4.69) is 11.2 Å². The van der Waals surface area contributed by atoms with Crippen LogP contribution >= 0.6 is 0 Å². The Kier molecular flexibility index (Phi) is 3.22. The van der Waals surface area contributed by atoms with E-state index >= 15 is 0 Å². The molecular formula is C16H14N2O3. The molecular weight excluding hydrogens is 268 g/mol. The maximum Gasteiger partial charge on any atom is 0.318 e. The van der Waals surface area contributed by atoms with Gasteiger partial charge < -0.3 is 9.26 Å². The average molecular weight is 282 g/mol. The zero-order valence-electron chi connectivity index (χ0n) is 11.6. The van der Waals surface area contributed by atoms with Crippen molar-refractivity contribution < 1.29 is 14.1 Å². The number of aromatic nitrogens is 1. The first kappa shape index (κ1) is 13.4. The van der Waals surface area contributed by atoms with Gasteiger partial charge in [-0.05, 0) is 44.0 Å². The molecule has 0 amide bonds. The molecule has 0 radical (unpaired) electrons. The molecule has 2 aromatic rings. The maximum absolute atomic E-state index is 12.0. The number of ether oxygens (including phenoxy) is 1. The van der Waals surface area contributed by atoms with Gasteiger partial charge in [0.05, 0.1) is 18.2 Å². The fourth-order valence-electron chi connectivity index (χ4n) is 2.30. The van der Waals surface area contributed by atoms with Crippen LogP contribution in [0.25, 0.3) is 11.3 Å². The van der Waals surface area contributed by atoms with E-state index in [-0.39, 0.29) is 5.97 Å². The Morgan fingerprint density at radius 2 is 2.14 bits per heavy atom. The third kappa shape index (κ3) is 2.29. The lowest BCUT2D eigenvalue weighted by molar-refractivity contribution is -0.146. The lowest BCUT2D eigenvalue weighted by atomic mass is 10.0. The minimum absolute atomic E-state index is 0.232. The van der Waals surface area contributed by atoms with Crippen molar-refractivity contribution in [2.45, 2.75) is 25.2 Å². The number of esters is 1. The Bertz CT molecular complexity index is 706. The van der Waals surface area contributed by atoms with E-state index in [1.165, 1.54) is 0 Å². The highest BCUT2D eigenvalue weighted by atomic mass is 16.5. The molecule has 1 aromatic carbocycles. The fraction of sp³-hybridized carbons (Fsp3) is 0.312. The van der Waals surface area contributed by atoms with Gasteiger partial charge in [0, 0.05) is 11.6 Å². The van der Waals surface area contributed by atoms with Crippen molar-refractivity contribution in [3.05, 3.63) is 41.6 Å². The summed E-state index contributed by atoms with van der Waals surface area (Å²) in [6, 6.07) is 10.9. The molecule has 21 heavy (non-hydrogen) atoms. The number of carbonyl (C=O) groups is 1. The number of carbonyl (C=O) groups excluding carboxylic acids is 1. The molecule has 106 valence electrons. The summed E-state index contributed by atoms with van der Waals surface area (Å²) in [6.45, 7) is 2.15. The minimum Gasteiger partial charge on any atom is -0.465 e. The summed E-state index contributed by atoms with van der Waals surface area (Å²) in [4.78, 5) is 12.0. The second kappa shape index (κ2) is 5.06. The van der Waals surface area contributed by atoms with Crippen molar-refractivity contribution >= 4 is 5.97 Å². The Morgan fingerprint density at radius 1 is 1.43 bits per heavy atom. The Balaban J connectivity index is 1.86. The molecule has 0 spiro atoms. The highest BCUT2D eigenvalue weighted by Crippen LogP contribution is 2.49. The molecule has 1 fully saturated rings. The predicted octanol–water partition coefficient (Wildman–Crippen LogP) is 2.81. The standard InChI is InChI=1S/C16H14N2O3/c1-2-20-15(19)16(7-8-16)14-9-13(21-18-14)12-5-3-11(10-17)4-6-12/h3-6,9H,2,7-8H2,1H3. The van der Waals surface area contributed by atoms with Gasteiger partial charge in [-0.3, -0.25) is 4.79 Å². The van der Waals surface area contributed by atoms with Crippen LogP contribution < -0.4 is 0 Å². The normalized spacial score (nSPS) is 15.2. The third-order valence-electron chi connectivity index (χ3n) is 3.72. The molecule has 0 unspecified atom stereocenters. The first-order valence-corrected chi connectivity index (χ1v) is 6.84. The number of rotatable bonds is 4. The van der Waals surface area contributed by atoms with Crippen molar-refractivity contribution in [1.29, 1.82) is 5.26 Å². The van der Waals surface area contributed by atoms with Gasteiger partial charge in [-0.2, -0.15) is 5.26 Å². The Labute approximate surface area is 122 Å². The van der Waals surface area contributed by atoms with Crippen LogP contribution in [0.1, 0.15) is 31.0 Å². The lowest BCUT2D eigenvalue weighted by Gasteiger charge is -2.09.